The van der Waals surface area contributed by atoms with Gasteiger partial charge < -0.3 is 15.0 Å². The zero-order valence-corrected chi connectivity index (χ0v) is 32.0. The number of piperidine rings is 2. The highest BCUT2D eigenvalue weighted by molar-refractivity contribution is 5.92. The minimum absolute atomic E-state index is 0.253. The minimum atomic E-state index is -0.327. The summed E-state index contributed by atoms with van der Waals surface area (Å²) in [7, 11) is 1.81. The number of nitrogens with one attached hydrogen (secondary N) is 2. The lowest BCUT2D eigenvalue weighted by Gasteiger charge is -2.21. The van der Waals surface area contributed by atoms with Crippen LogP contribution in [0.1, 0.15) is 65.7 Å². The van der Waals surface area contributed by atoms with E-state index in [2.05, 4.69) is 47.2 Å². The Morgan fingerprint density at radius 1 is 0.667 bits per heavy atom. The fourth-order valence-electron chi connectivity index (χ4n) is 8.26. The van der Waals surface area contributed by atoms with Gasteiger partial charge in [0.1, 0.15) is 28.9 Å². The van der Waals surface area contributed by atoms with Crippen LogP contribution in [-0.2, 0) is 7.05 Å². The molecule has 8 aromatic rings. The molecule has 2 aliphatic rings. The zero-order valence-electron chi connectivity index (χ0n) is 32.0. The summed E-state index contributed by atoms with van der Waals surface area (Å²) in [5.41, 5.74) is 10.1. The molecule has 0 unspecified atom stereocenters. The molecule has 11 nitrogen and oxygen atoms in total. The second-order valence-corrected chi connectivity index (χ2v) is 15.3. The van der Waals surface area contributed by atoms with Crippen molar-refractivity contribution in [3.63, 3.8) is 0 Å². The fraction of sp³-hybridized carbons (Fsp3) is 0.295. The lowest BCUT2D eigenvalue weighted by Crippen LogP contribution is -2.27. The average Bonchev–Trinajstić information content (AvgIpc) is 3.82. The fourth-order valence-corrected chi connectivity index (χ4v) is 8.26. The molecule has 7 heterocycles. The van der Waals surface area contributed by atoms with Gasteiger partial charge in [-0.05, 0) is 148 Å². The maximum atomic E-state index is 15.0. The molecule has 2 N–H and O–H groups in total. The van der Waals surface area contributed by atoms with Gasteiger partial charge in [-0.1, -0.05) is 0 Å². The van der Waals surface area contributed by atoms with Gasteiger partial charge in [-0.15, -0.1) is 0 Å². The van der Waals surface area contributed by atoms with Crippen molar-refractivity contribution in [2.75, 3.05) is 26.2 Å². The number of rotatable bonds is 4. The monoisotopic (exact) mass is 761 g/mol. The molecule has 0 bridgehead atoms. The largest absolute Gasteiger partial charge is 0.317 e. The molecule has 10 rings (SSSR count). The second kappa shape index (κ2) is 15.0. The van der Waals surface area contributed by atoms with Gasteiger partial charge in [-0.25, -0.2) is 13.8 Å². The van der Waals surface area contributed by atoms with Crippen LogP contribution in [0.25, 0.3) is 60.6 Å². The molecular weight excluding hydrogens is 721 g/mol. The number of imidazole rings is 1. The molecule has 3 aromatic carbocycles. The standard InChI is InChI=1S/C22H19FN6.C22H22FN5/c1-29-12-17-7-14(6-16(11-24)22(17)28-29)15-8-19(23)18-10-20(26-27-21(18)9-15)13-2-4-25-5-3-13;1-13-7-17(12-28-11-14(2)25-22(13)28)16-8-19(23)18-10-20(26-27-21(18)9-16)15-3-5-24-6-4-15/h6-10,12-13,25H,2-5H2,1H3;7-12,15,24H,3-6H2,1-2H3. The third-order valence-corrected chi connectivity index (χ3v) is 11.2. The van der Waals surface area contributed by atoms with E-state index in [1.54, 1.807) is 16.8 Å². The maximum Gasteiger partial charge on any atom is 0.139 e. The van der Waals surface area contributed by atoms with Crippen molar-refractivity contribution in [3.8, 4) is 28.3 Å². The van der Waals surface area contributed by atoms with Crippen molar-refractivity contribution < 1.29 is 8.78 Å². The van der Waals surface area contributed by atoms with Gasteiger partial charge in [0.25, 0.3) is 0 Å². The molecule has 57 heavy (non-hydrogen) atoms. The quantitative estimate of drug-likeness (QED) is 0.184. The molecule has 2 fully saturated rings. The van der Waals surface area contributed by atoms with Gasteiger partial charge >= 0.3 is 0 Å². The molecule has 0 spiro atoms. The number of fused-ring (bicyclic) bond motifs is 4. The van der Waals surface area contributed by atoms with Gasteiger partial charge in [0.2, 0.25) is 0 Å². The van der Waals surface area contributed by atoms with Crippen LogP contribution in [0.15, 0.2) is 73.2 Å². The number of halogens is 2. The molecule has 0 atom stereocenters. The topological polar surface area (TPSA) is 135 Å². The summed E-state index contributed by atoms with van der Waals surface area (Å²) in [6.45, 7) is 7.83. The van der Waals surface area contributed by atoms with Crippen molar-refractivity contribution >= 4 is 38.4 Å². The SMILES string of the molecule is Cc1cn2cc(-c3cc(F)c4cc(C5CCNCC5)nnc4c3)cc(C)c2n1.Cn1cc2cc(-c3cc(F)c4cc(C5CCNCC5)nnc4c3)cc(C#N)c2n1. The summed E-state index contributed by atoms with van der Waals surface area (Å²) in [5.74, 6) is 0.0923. The second-order valence-electron chi connectivity index (χ2n) is 15.3. The number of hydrogen-bond acceptors (Lipinski definition) is 9. The number of aryl methyl sites for hydroxylation is 3. The Balaban J connectivity index is 0.000000148. The van der Waals surface area contributed by atoms with Crippen molar-refractivity contribution in [2.24, 2.45) is 7.05 Å². The third kappa shape index (κ3) is 7.18. The Morgan fingerprint density at radius 2 is 1.23 bits per heavy atom. The van der Waals surface area contributed by atoms with Crippen LogP contribution in [0, 0.1) is 36.8 Å². The Bertz CT molecular complexity index is 2860. The minimum Gasteiger partial charge on any atom is -0.317 e. The van der Waals surface area contributed by atoms with Crippen LogP contribution in [0.3, 0.4) is 0 Å². The van der Waals surface area contributed by atoms with Crippen LogP contribution >= 0.6 is 0 Å². The van der Waals surface area contributed by atoms with E-state index < -0.39 is 0 Å². The van der Waals surface area contributed by atoms with Crippen LogP contribution in [-0.4, -0.2) is 65.7 Å². The lowest BCUT2D eigenvalue weighted by molar-refractivity contribution is 0.451. The summed E-state index contributed by atoms with van der Waals surface area (Å²) < 4.78 is 33.7. The van der Waals surface area contributed by atoms with E-state index in [1.807, 2.05) is 80.3 Å². The van der Waals surface area contributed by atoms with E-state index in [1.165, 1.54) is 6.07 Å². The van der Waals surface area contributed by atoms with Crippen LogP contribution in [0.5, 0.6) is 0 Å². The van der Waals surface area contributed by atoms with Crippen LogP contribution in [0.4, 0.5) is 8.78 Å². The molecule has 0 aliphatic carbocycles. The van der Waals surface area contributed by atoms with Gasteiger partial charge in [0.05, 0.1) is 33.7 Å². The number of benzene rings is 3. The first-order chi connectivity index (χ1) is 27.7. The Kier molecular flexibility index (Phi) is 9.60. The van der Waals surface area contributed by atoms with E-state index >= 15 is 4.39 Å². The molecule has 5 aromatic heterocycles. The highest BCUT2D eigenvalue weighted by Crippen LogP contribution is 2.33. The first-order valence-corrected chi connectivity index (χ1v) is 19.4. The van der Waals surface area contributed by atoms with E-state index in [4.69, 9.17) is 0 Å². The number of hydrogen-bond donors (Lipinski definition) is 2. The predicted octanol–water partition coefficient (Wildman–Crippen LogP) is 7.83. The Labute approximate surface area is 327 Å². The average molecular weight is 762 g/mol. The number of nitrogens with zero attached hydrogens (tertiary/aromatic N) is 9. The van der Waals surface area contributed by atoms with Crippen molar-refractivity contribution in [2.45, 2.75) is 51.4 Å². The first kappa shape index (κ1) is 36.4. The summed E-state index contributed by atoms with van der Waals surface area (Å²) >= 11 is 0. The van der Waals surface area contributed by atoms with Crippen LogP contribution < -0.4 is 10.6 Å². The van der Waals surface area contributed by atoms with Gasteiger partial charge in [-0.3, -0.25) is 4.68 Å². The normalized spacial score (nSPS) is 15.3. The molecule has 2 aliphatic heterocycles. The van der Waals surface area contributed by atoms with E-state index in [0.29, 0.717) is 50.3 Å². The van der Waals surface area contributed by atoms with Crippen molar-refractivity contribution in [1.82, 2.24) is 50.2 Å². The molecule has 0 saturated carbocycles. The smallest absolute Gasteiger partial charge is 0.139 e. The van der Waals surface area contributed by atoms with Gasteiger partial charge in [0, 0.05) is 53.6 Å². The number of aromatic nitrogens is 8. The van der Waals surface area contributed by atoms with Crippen molar-refractivity contribution in [1.29, 1.82) is 5.26 Å². The van der Waals surface area contributed by atoms with Gasteiger partial charge in [-0.2, -0.15) is 30.8 Å². The predicted molar refractivity (Wildman–Crippen MR) is 217 cm³/mol. The van der Waals surface area contributed by atoms with Crippen LogP contribution in [0.2, 0.25) is 0 Å². The summed E-state index contributed by atoms with van der Waals surface area (Å²) in [6.07, 6.45) is 9.83. The summed E-state index contributed by atoms with van der Waals surface area (Å²) in [4.78, 5) is 4.53. The molecule has 0 amide bonds. The first-order valence-electron chi connectivity index (χ1n) is 19.4. The molecule has 286 valence electrons. The zero-order chi connectivity index (χ0) is 39.2. The third-order valence-electron chi connectivity index (χ3n) is 11.2. The Hall–Kier alpha value is -6.23. The van der Waals surface area contributed by atoms with E-state index in [-0.39, 0.29) is 11.6 Å². The van der Waals surface area contributed by atoms with E-state index in [0.717, 1.165) is 102 Å². The summed E-state index contributed by atoms with van der Waals surface area (Å²) in [6, 6.07) is 18.5. The molecule has 13 heteroatoms. The highest BCUT2D eigenvalue weighted by atomic mass is 19.1. The van der Waals surface area contributed by atoms with E-state index in [9.17, 15) is 9.65 Å². The summed E-state index contributed by atoms with van der Waals surface area (Å²) in [5, 5.41) is 39.9. The highest BCUT2D eigenvalue weighted by Gasteiger charge is 2.21. The number of pyridine rings is 1. The Morgan fingerprint density at radius 3 is 1.81 bits per heavy atom. The molecule has 2 saturated heterocycles. The number of nitriles is 1. The maximum absolute atomic E-state index is 15.0. The lowest BCUT2D eigenvalue weighted by atomic mass is 9.93. The van der Waals surface area contributed by atoms with Crippen molar-refractivity contribution in [3.05, 3.63) is 113 Å². The van der Waals surface area contributed by atoms with Gasteiger partial charge in [0.15, 0.2) is 0 Å². The molecular formula is C44H41F2N11. The molecule has 0 radical (unpaired) electrons.